The summed E-state index contributed by atoms with van der Waals surface area (Å²) >= 11 is 0. The number of carbonyl (C=O) groups excluding carboxylic acids is 1. The lowest BCUT2D eigenvalue weighted by Crippen LogP contribution is -2.44. The van der Waals surface area contributed by atoms with E-state index in [1.165, 1.54) is 3.97 Å². The van der Waals surface area contributed by atoms with Crippen LogP contribution < -0.4 is 5.73 Å². The molecule has 0 amide bonds. The lowest BCUT2D eigenvalue weighted by molar-refractivity contribution is 0.0526. The van der Waals surface area contributed by atoms with Crippen molar-refractivity contribution in [2.75, 3.05) is 6.61 Å². The lowest BCUT2D eigenvalue weighted by atomic mass is 9.98. The summed E-state index contributed by atoms with van der Waals surface area (Å²) in [5.74, 6) is -0.402. The van der Waals surface area contributed by atoms with Crippen molar-refractivity contribution >= 4 is 27.0 Å². The fourth-order valence-electron chi connectivity index (χ4n) is 3.67. The Balaban J connectivity index is 1.85. The number of esters is 1. The number of nitrogens with zero attached hydrogens (tertiary/aromatic N) is 2. The van der Waals surface area contributed by atoms with Crippen LogP contribution in [0.5, 0.6) is 0 Å². The Labute approximate surface area is 180 Å². The second-order valence-corrected chi connectivity index (χ2v) is 9.75. The van der Waals surface area contributed by atoms with Gasteiger partial charge in [-0.3, -0.25) is 0 Å². The third-order valence-electron chi connectivity index (χ3n) is 5.60. The van der Waals surface area contributed by atoms with Crippen molar-refractivity contribution in [2.24, 2.45) is 5.73 Å². The van der Waals surface area contributed by atoms with E-state index in [2.05, 4.69) is 4.98 Å². The lowest BCUT2D eigenvalue weighted by Gasteiger charge is -2.30. The molecule has 1 unspecified atom stereocenters. The number of hydrogen-bond acceptors (Lipinski definition) is 6. The highest BCUT2D eigenvalue weighted by Crippen LogP contribution is 2.37. The first-order chi connectivity index (χ1) is 14.8. The minimum Gasteiger partial charge on any atom is -0.462 e. The minimum atomic E-state index is -3.92. The number of allylic oxidation sites excluding steroid dienone is 3. The van der Waals surface area contributed by atoms with Crippen molar-refractivity contribution in [2.45, 2.75) is 25.0 Å². The molecule has 7 nitrogen and oxygen atoms in total. The van der Waals surface area contributed by atoms with Gasteiger partial charge in [0.2, 0.25) is 0 Å². The highest BCUT2D eigenvalue weighted by Gasteiger charge is 2.44. The van der Waals surface area contributed by atoms with Crippen molar-refractivity contribution < 1.29 is 17.9 Å². The van der Waals surface area contributed by atoms with Crippen LogP contribution in [-0.2, 0) is 14.8 Å². The fraction of sp³-hybridized carbons (Fsp3) is 0.217. The molecule has 2 N–H and O–H groups in total. The summed E-state index contributed by atoms with van der Waals surface area (Å²) in [6.07, 6.45) is 8.58. The Morgan fingerprint density at radius 2 is 2.00 bits per heavy atom. The van der Waals surface area contributed by atoms with Gasteiger partial charge in [-0.15, -0.1) is 0 Å². The SMILES string of the molecule is CCOC(=O)c1ccc(-c2cn(S(=O)(=O)C3(C)CC=CC=C3N)c3ncccc23)cc1. The molecule has 2 heterocycles. The normalized spacial score (nSPS) is 18.7. The molecule has 0 radical (unpaired) electrons. The molecule has 1 aliphatic carbocycles. The molecule has 2 aromatic heterocycles. The summed E-state index contributed by atoms with van der Waals surface area (Å²) in [6.45, 7) is 3.67. The first kappa shape index (κ1) is 20.9. The maximum atomic E-state index is 13.7. The summed E-state index contributed by atoms with van der Waals surface area (Å²) in [4.78, 5) is 16.3. The van der Waals surface area contributed by atoms with Gasteiger partial charge in [-0.2, -0.15) is 0 Å². The summed E-state index contributed by atoms with van der Waals surface area (Å²) in [5.41, 5.74) is 8.62. The van der Waals surface area contributed by atoms with E-state index in [9.17, 15) is 13.2 Å². The summed E-state index contributed by atoms with van der Waals surface area (Å²) < 4.78 is 32.4. The van der Waals surface area contributed by atoms with E-state index in [0.29, 0.717) is 28.8 Å². The monoisotopic (exact) mass is 437 g/mol. The first-order valence-corrected chi connectivity index (χ1v) is 11.3. The number of rotatable bonds is 5. The second-order valence-electron chi connectivity index (χ2n) is 7.50. The van der Waals surface area contributed by atoms with Crippen LogP contribution in [0.1, 0.15) is 30.6 Å². The maximum absolute atomic E-state index is 13.7. The molecule has 160 valence electrons. The molecule has 8 heteroatoms. The number of aromatic nitrogens is 2. The quantitative estimate of drug-likeness (QED) is 0.612. The second kappa shape index (κ2) is 7.70. The Morgan fingerprint density at radius 3 is 2.68 bits per heavy atom. The van der Waals surface area contributed by atoms with Gasteiger partial charge < -0.3 is 10.5 Å². The van der Waals surface area contributed by atoms with Gasteiger partial charge in [0, 0.05) is 29.0 Å². The van der Waals surface area contributed by atoms with Crippen LogP contribution in [0.3, 0.4) is 0 Å². The van der Waals surface area contributed by atoms with Crippen LogP contribution in [0.25, 0.3) is 22.2 Å². The Bertz CT molecular complexity index is 1320. The van der Waals surface area contributed by atoms with E-state index in [4.69, 9.17) is 10.5 Å². The molecule has 0 fully saturated rings. The number of nitrogens with two attached hydrogens (primary N) is 1. The van der Waals surface area contributed by atoms with Gasteiger partial charge in [0.15, 0.2) is 5.65 Å². The van der Waals surface area contributed by atoms with E-state index in [1.54, 1.807) is 74.8 Å². The molecule has 0 bridgehead atoms. The average Bonchev–Trinajstić information content (AvgIpc) is 3.16. The highest BCUT2D eigenvalue weighted by molar-refractivity contribution is 7.91. The smallest absolute Gasteiger partial charge is 0.338 e. The molecule has 3 aromatic rings. The number of carbonyl (C=O) groups is 1. The molecule has 0 saturated heterocycles. The Hall–Kier alpha value is -3.39. The van der Waals surface area contributed by atoms with Crippen LogP contribution in [-0.4, -0.2) is 34.7 Å². The molecule has 0 saturated carbocycles. The van der Waals surface area contributed by atoms with Gasteiger partial charge in [-0.25, -0.2) is 22.2 Å². The van der Waals surface area contributed by atoms with Crippen molar-refractivity contribution in [3.05, 3.63) is 78.3 Å². The van der Waals surface area contributed by atoms with E-state index < -0.39 is 20.7 Å². The third-order valence-corrected chi connectivity index (χ3v) is 7.93. The fourth-order valence-corrected chi connectivity index (χ4v) is 5.40. The van der Waals surface area contributed by atoms with Gasteiger partial charge in [0.25, 0.3) is 10.0 Å². The largest absolute Gasteiger partial charge is 0.462 e. The van der Waals surface area contributed by atoms with Crippen molar-refractivity contribution in [1.29, 1.82) is 0 Å². The zero-order valence-electron chi connectivity index (χ0n) is 17.3. The third kappa shape index (κ3) is 3.33. The summed E-state index contributed by atoms with van der Waals surface area (Å²) in [7, 11) is -3.92. The van der Waals surface area contributed by atoms with Gasteiger partial charge in [-0.05, 0) is 56.2 Å². The molecule has 1 aliphatic rings. The molecule has 0 spiro atoms. The molecule has 1 atom stereocenters. The first-order valence-electron chi connectivity index (χ1n) is 9.91. The predicted molar refractivity (Wildman–Crippen MR) is 120 cm³/mol. The number of fused-ring (bicyclic) bond motifs is 1. The zero-order valence-corrected chi connectivity index (χ0v) is 18.1. The van der Waals surface area contributed by atoms with Crippen LogP contribution in [0.2, 0.25) is 0 Å². The van der Waals surface area contributed by atoms with E-state index >= 15 is 0 Å². The number of ether oxygens (including phenoxy) is 1. The molecule has 1 aromatic carbocycles. The van der Waals surface area contributed by atoms with Gasteiger partial charge >= 0.3 is 5.97 Å². The predicted octanol–water partition coefficient (Wildman–Crippen LogP) is 3.62. The zero-order chi connectivity index (χ0) is 22.2. The van der Waals surface area contributed by atoms with Crippen molar-refractivity contribution in [1.82, 2.24) is 8.96 Å². The highest BCUT2D eigenvalue weighted by atomic mass is 32.2. The number of pyridine rings is 1. The minimum absolute atomic E-state index is 0.272. The van der Waals surface area contributed by atoms with Gasteiger partial charge in [-0.1, -0.05) is 24.3 Å². The van der Waals surface area contributed by atoms with Crippen LogP contribution in [0, 0.1) is 0 Å². The molecule has 0 aliphatic heterocycles. The van der Waals surface area contributed by atoms with Crippen LogP contribution in [0.15, 0.2) is 72.7 Å². The van der Waals surface area contributed by atoms with E-state index in [1.807, 2.05) is 6.07 Å². The Morgan fingerprint density at radius 1 is 1.26 bits per heavy atom. The van der Waals surface area contributed by atoms with Crippen molar-refractivity contribution in [3.63, 3.8) is 0 Å². The van der Waals surface area contributed by atoms with Crippen LogP contribution in [0.4, 0.5) is 0 Å². The maximum Gasteiger partial charge on any atom is 0.338 e. The van der Waals surface area contributed by atoms with Crippen molar-refractivity contribution in [3.8, 4) is 11.1 Å². The molecular formula is C23H23N3O4S. The van der Waals surface area contributed by atoms with Gasteiger partial charge in [0.05, 0.1) is 12.2 Å². The number of benzene rings is 1. The molecular weight excluding hydrogens is 414 g/mol. The standard InChI is InChI=1S/C23H23N3O4S/c1-3-30-22(27)17-11-9-16(10-12-17)19-15-26(21-18(19)7-6-14-25-21)31(28,29)23(2)13-5-4-8-20(23)24/h4-12,14-15H,3,13,24H2,1-2H3. The average molecular weight is 438 g/mol. The number of hydrogen-bond donors (Lipinski definition) is 1. The molecule has 31 heavy (non-hydrogen) atoms. The Kier molecular flexibility index (Phi) is 5.18. The van der Waals surface area contributed by atoms with Crippen LogP contribution >= 0.6 is 0 Å². The molecule has 4 rings (SSSR count). The van der Waals surface area contributed by atoms with E-state index in [0.717, 1.165) is 5.56 Å². The summed E-state index contributed by atoms with van der Waals surface area (Å²) in [5, 5.41) is 0.687. The van der Waals surface area contributed by atoms with Gasteiger partial charge in [0.1, 0.15) is 4.75 Å². The summed E-state index contributed by atoms with van der Waals surface area (Å²) in [6, 6.07) is 10.4. The topological polar surface area (TPSA) is 104 Å². The van der Waals surface area contributed by atoms with E-state index in [-0.39, 0.29) is 12.1 Å².